The first kappa shape index (κ1) is 11.8. The van der Waals surface area contributed by atoms with Gasteiger partial charge in [0.1, 0.15) is 0 Å². The number of anilines is 1. The van der Waals surface area contributed by atoms with Crippen LogP contribution in [0.4, 0.5) is 5.13 Å². The number of hydrogen-bond donors (Lipinski definition) is 2. The standard InChI is InChI=1S/C8H13N3O3S2/c9-8-10-5-7(15-8)16(13,14)11-3-1-6(12)2-4-11/h5-6,12H,1-4H2,(H2,9,10). The number of aromatic nitrogens is 1. The SMILES string of the molecule is Nc1ncc(S(=O)(=O)N2CCC(O)CC2)s1. The van der Waals surface area contributed by atoms with Gasteiger partial charge < -0.3 is 10.8 Å². The first-order chi connectivity index (χ1) is 7.50. The Morgan fingerprint density at radius 1 is 1.50 bits per heavy atom. The fourth-order valence-electron chi connectivity index (χ4n) is 1.60. The maximum absolute atomic E-state index is 12.1. The summed E-state index contributed by atoms with van der Waals surface area (Å²) in [6.07, 6.45) is 1.85. The molecule has 0 aromatic carbocycles. The van der Waals surface area contributed by atoms with Crippen molar-refractivity contribution in [1.29, 1.82) is 0 Å². The molecule has 0 radical (unpaired) electrons. The number of nitrogens with two attached hydrogens (primary N) is 1. The molecule has 1 aliphatic rings. The highest BCUT2D eigenvalue weighted by Crippen LogP contribution is 2.26. The van der Waals surface area contributed by atoms with Crippen LogP contribution < -0.4 is 5.73 Å². The maximum atomic E-state index is 12.1. The Hall–Kier alpha value is -0.700. The van der Waals surface area contributed by atoms with Gasteiger partial charge in [-0.2, -0.15) is 4.31 Å². The summed E-state index contributed by atoms with van der Waals surface area (Å²) in [6.45, 7) is 0.697. The van der Waals surface area contributed by atoms with Gasteiger partial charge in [0.2, 0.25) is 0 Å². The van der Waals surface area contributed by atoms with E-state index in [0.29, 0.717) is 25.9 Å². The molecular formula is C8H13N3O3S2. The van der Waals surface area contributed by atoms with Crippen LogP contribution in [0.15, 0.2) is 10.4 Å². The Morgan fingerprint density at radius 2 is 2.12 bits per heavy atom. The van der Waals surface area contributed by atoms with Crippen molar-refractivity contribution in [2.45, 2.75) is 23.2 Å². The molecule has 1 aliphatic heterocycles. The van der Waals surface area contributed by atoms with E-state index in [1.165, 1.54) is 10.5 Å². The van der Waals surface area contributed by atoms with Crippen LogP contribution in [0.5, 0.6) is 0 Å². The summed E-state index contributed by atoms with van der Waals surface area (Å²) in [4.78, 5) is 3.73. The van der Waals surface area contributed by atoms with Gasteiger partial charge >= 0.3 is 0 Å². The smallest absolute Gasteiger partial charge is 0.254 e. The number of rotatable bonds is 2. The molecule has 0 unspecified atom stereocenters. The minimum atomic E-state index is -3.47. The van der Waals surface area contributed by atoms with E-state index < -0.39 is 16.1 Å². The van der Waals surface area contributed by atoms with Crippen LogP contribution in [-0.4, -0.2) is 42.0 Å². The van der Waals surface area contributed by atoms with Gasteiger partial charge in [0.15, 0.2) is 9.34 Å². The largest absolute Gasteiger partial charge is 0.393 e. The highest BCUT2D eigenvalue weighted by Gasteiger charge is 2.30. The highest BCUT2D eigenvalue weighted by molar-refractivity contribution is 7.91. The molecule has 3 N–H and O–H groups in total. The van der Waals surface area contributed by atoms with Crippen LogP contribution in [0.2, 0.25) is 0 Å². The first-order valence-electron chi connectivity index (χ1n) is 4.89. The lowest BCUT2D eigenvalue weighted by Gasteiger charge is -2.27. The number of nitrogens with zero attached hydrogens (tertiary/aromatic N) is 2. The summed E-state index contributed by atoms with van der Waals surface area (Å²) >= 11 is 0.964. The lowest BCUT2D eigenvalue weighted by molar-refractivity contribution is 0.113. The number of aliphatic hydroxyl groups is 1. The molecule has 1 aromatic heterocycles. The summed E-state index contributed by atoms with van der Waals surface area (Å²) in [7, 11) is -3.47. The fraction of sp³-hybridized carbons (Fsp3) is 0.625. The Bertz CT molecular complexity index is 463. The third kappa shape index (κ3) is 2.19. The van der Waals surface area contributed by atoms with Crippen molar-refractivity contribution in [3.8, 4) is 0 Å². The van der Waals surface area contributed by atoms with E-state index in [0.717, 1.165) is 11.3 Å². The Balaban J connectivity index is 2.20. The van der Waals surface area contributed by atoms with Crippen LogP contribution in [0.1, 0.15) is 12.8 Å². The van der Waals surface area contributed by atoms with Gasteiger partial charge in [-0.1, -0.05) is 11.3 Å². The fourth-order valence-corrected chi connectivity index (χ4v) is 4.14. The molecule has 16 heavy (non-hydrogen) atoms. The van der Waals surface area contributed by atoms with Crippen molar-refractivity contribution in [1.82, 2.24) is 9.29 Å². The molecule has 8 heteroatoms. The molecule has 1 fully saturated rings. The number of nitrogen functional groups attached to an aromatic ring is 1. The molecule has 0 aliphatic carbocycles. The van der Waals surface area contributed by atoms with E-state index in [9.17, 15) is 13.5 Å². The molecular weight excluding hydrogens is 250 g/mol. The summed E-state index contributed by atoms with van der Waals surface area (Å²) in [5.74, 6) is 0. The topological polar surface area (TPSA) is 96.5 Å². The van der Waals surface area contributed by atoms with Crippen molar-refractivity contribution >= 4 is 26.5 Å². The van der Waals surface area contributed by atoms with Crippen LogP contribution in [0, 0.1) is 0 Å². The lowest BCUT2D eigenvalue weighted by atomic mass is 10.1. The van der Waals surface area contributed by atoms with Gasteiger partial charge in [-0.3, -0.25) is 0 Å². The lowest BCUT2D eigenvalue weighted by Crippen LogP contribution is -2.39. The van der Waals surface area contributed by atoms with E-state index in [-0.39, 0.29) is 9.34 Å². The van der Waals surface area contributed by atoms with Crippen LogP contribution in [0.25, 0.3) is 0 Å². The Morgan fingerprint density at radius 3 is 2.62 bits per heavy atom. The van der Waals surface area contributed by atoms with Gasteiger partial charge in [0, 0.05) is 13.1 Å². The van der Waals surface area contributed by atoms with Crippen molar-refractivity contribution in [2.24, 2.45) is 0 Å². The first-order valence-corrected chi connectivity index (χ1v) is 7.15. The molecule has 0 amide bonds. The second-order valence-corrected chi connectivity index (χ2v) is 6.88. The zero-order chi connectivity index (χ0) is 11.8. The number of sulfonamides is 1. The highest BCUT2D eigenvalue weighted by atomic mass is 32.2. The van der Waals surface area contributed by atoms with E-state index in [1.54, 1.807) is 0 Å². The molecule has 0 spiro atoms. The molecule has 2 heterocycles. The van der Waals surface area contributed by atoms with Gasteiger partial charge in [-0.05, 0) is 12.8 Å². The van der Waals surface area contributed by atoms with E-state index in [2.05, 4.69) is 4.98 Å². The van der Waals surface area contributed by atoms with Gasteiger partial charge in [-0.15, -0.1) is 0 Å². The summed E-state index contributed by atoms with van der Waals surface area (Å²) in [6, 6.07) is 0. The van der Waals surface area contributed by atoms with Crippen LogP contribution in [-0.2, 0) is 10.0 Å². The second kappa shape index (κ2) is 4.28. The minimum Gasteiger partial charge on any atom is -0.393 e. The Labute approximate surface area is 97.8 Å². The van der Waals surface area contributed by atoms with Gasteiger partial charge in [-0.25, -0.2) is 13.4 Å². The predicted molar refractivity (Wildman–Crippen MR) is 60.5 cm³/mol. The van der Waals surface area contributed by atoms with Crippen molar-refractivity contribution in [2.75, 3.05) is 18.8 Å². The molecule has 2 rings (SSSR count). The van der Waals surface area contributed by atoms with Crippen molar-refractivity contribution < 1.29 is 13.5 Å². The minimum absolute atomic E-state index is 0.168. The van der Waals surface area contributed by atoms with Crippen LogP contribution >= 0.6 is 11.3 Å². The third-order valence-corrected chi connectivity index (χ3v) is 5.68. The second-order valence-electron chi connectivity index (χ2n) is 3.65. The molecule has 0 saturated carbocycles. The molecule has 90 valence electrons. The summed E-state index contributed by atoms with van der Waals surface area (Å²) in [5.41, 5.74) is 5.41. The van der Waals surface area contributed by atoms with Crippen molar-refractivity contribution in [3.63, 3.8) is 0 Å². The number of thiazole rings is 1. The van der Waals surface area contributed by atoms with E-state index in [4.69, 9.17) is 5.73 Å². The summed E-state index contributed by atoms with van der Waals surface area (Å²) < 4.78 is 25.7. The Kier molecular flexibility index (Phi) is 3.15. The van der Waals surface area contributed by atoms with E-state index >= 15 is 0 Å². The zero-order valence-corrected chi connectivity index (χ0v) is 10.2. The molecule has 6 nitrogen and oxygen atoms in total. The van der Waals surface area contributed by atoms with Gasteiger partial charge in [0.05, 0.1) is 12.3 Å². The number of piperidine rings is 1. The van der Waals surface area contributed by atoms with Gasteiger partial charge in [0.25, 0.3) is 10.0 Å². The quantitative estimate of drug-likeness (QED) is 0.775. The maximum Gasteiger partial charge on any atom is 0.254 e. The molecule has 0 bridgehead atoms. The number of aliphatic hydroxyl groups excluding tert-OH is 1. The zero-order valence-electron chi connectivity index (χ0n) is 8.54. The van der Waals surface area contributed by atoms with Crippen LogP contribution in [0.3, 0.4) is 0 Å². The molecule has 1 saturated heterocycles. The molecule has 1 aromatic rings. The normalized spacial score (nSPS) is 20.1. The average Bonchev–Trinajstić information content (AvgIpc) is 2.66. The monoisotopic (exact) mass is 263 g/mol. The van der Waals surface area contributed by atoms with E-state index in [1.807, 2.05) is 0 Å². The average molecular weight is 263 g/mol. The number of hydrogen-bond acceptors (Lipinski definition) is 6. The molecule has 0 atom stereocenters. The van der Waals surface area contributed by atoms with Crippen molar-refractivity contribution in [3.05, 3.63) is 6.20 Å². The third-order valence-electron chi connectivity index (χ3n) is 2.52. The predicted octanol–water partition coefficient (Wildman–Crippen LogP) is -0.129. The summed E-state index contributed by atoms with van der Waals surface area (Å²) in [5, 5.41) is 9.56.